The Balaban J connectivity index is 1.71. The fourth-order valence-electron chi connectivity index (χ4n) is 2.54. The van der Waals surface area contributed by atoms with Gasteiger partial charge >= 0.3 is 5.97 Å². The number of carbonyl (C=O) groups is 2. The number of carboxylic acid groups (broad SMARTS) is 1. The summed E-state index contributed by atoms with van der Waals surface area (Å²) in [6.07, 6.45) is 2.26. The summed E-state index contributed by atoms with van der Waals surface area (Å²) in [5.41, 5.74) is 3.45. The molecule has 0 saturated carbocycles. The number of hydrogen-bond acceptors (Lipinski definition) is 3. The van der Waals surface area contributed by atoms with E-state index < -0.39 is 5.97 Å². The monoisotopic (exact) mass is 308 g/mol. The van der Waals surface area contributed by atoms with Gasteiger partial charge in [0.05, 0.1) is 5.69 Å². The van der Waals surface area contributed by atoms with Crippen LogP contribution in [0.1, 0.15) is 23.5 Å². The Morgan fingerprint density at radius 1 is 1.17 bits per heavy atom. The van der Waals surface area contributed by atoms with Crippen molar-refractivity contribution in [1.82, 2.24) is 0 Å². The molecule has 2 N–H and O–H groups in total. The van der Waals surface area contributed by atoms with Crippen molar-refractivity contribution in [3.05, 3.63) is 59.7 Å². The quantitative estimate of drug-likeness (QED) is 0.833. The zero-order chi connectivity index (χ0) is 16.2. The molecule has 0 saturated heterocycles. The van der Waals surface area contributed by atoms with Crippen LogP contribution in [-0.4, -0.2) is 23.2 Å². The van der Waals surface area contributed by atoms with Gasteiger partial charge in [-0.15, -0.1) is 0 Å². The van der Waals surface area contributed by atoms with Crippen molar-refractivity contribution in [2.75, 3.05) is 5.32 Å². The van der Waals surface area contributed by atoms with Crippen molar-refractivity contribution in [2.45, 2.75) is 18.8 Å². The maximum Gasteiger partial charge on any atom is 0.303 e. The molecule has 5 nitrogen and oxygen atoms in total. The van der Waals surface area contributed by atoms with Crippen LogP contribution in [0.5, 0.6) is 0 Å². The average Bonchev–Trinajstić information content (AvgIpc) is 2.87. The Morgan fingerprint density at radius 3 is 2.65 bits per heavy atom. The van der Waals surface area contributed by atoms with Crippen molar-refractivity contribution in [3.63, 3.8) is 0 Å². The van der Waals surface area contributed by atoms with Crippen LogP contribution in [0, 0.1) is 0 Å². The number of benzene rings is 2. The van der Waals surface area contributed by atoms with Gasteiger partial charge < -0.3 is 10.4 Å². The first-order valence-corrected chi connectivity index (χ1v) is 7.38. The number of carbonyl (C=O) groups excluding carboxylic acids is 1. The summed E-state index contributed by atoms with van der Waals surface area (Å²) >= 11 is 0. The molecular formula is C18H16N2O3. The van der Waals surface area contributed by atoms with Crippen LogP contribution in [0.25, 0.3) is 0 Å². The lowest BCUT2D eigenvalue weighted by atomic mass is 10.0. The fraction of sp³-hybridized carbons (Fsp3) is 0.167. The molecule has 0 radical (unpaired) electrons. The van der Waals surface area contributed by atoms with E-state index in [0.29, 0.717) is 6.42 Å². The Kier molecular flexibility index (Phi) is 4.19. The van der Waals surface area contributed by atoms with E-state index >= 15 is 0 Å². The predicted octanol–water partition coefficient (Wildman–Crippen LogP) is 3.14. The number of hydrogen-bond donors (Lipinski definition) is 2. The van der Waals surface area contributed by atoms with Crippen molar-refractivity contribution < 1.29 is 14.7 Å². The summed E-state index contributed by atoms with van der Waals surface area (Å²) in [5.74, 6) is -1.26. The van der Waals surface area contributed by atoms with Gasteiger partial charge in [0.25, 0.3) is 0 Å². The minimum absolute atomic E-state index is 0.0759. The molecule has 1 heterocycles. The van der Waals surface area contributed by atoms with Gasteiger partial charge in [0.2, 0.25) is 5.91 Å². The maximum atomic E-state index is 12.0. The second kappa shape index (κ2) is 6.44. The molecule has 3 rings (SSSR count). The molecule has 0 aromatic heterocycles. The molecular weight excluding hydrogens is 292 g/mol. The number of rotatable bonds is 5. The second-order valence-corrected chi connectivity index (χ2v) is 5.39. The molecule has 1 amide bonds. The maximum absolute atomic E-state index is 12.0. The van der Waals surface area contributed by atoms with Gasteiger partial charge in [-0.2, -0.15) is 0 Å². The molecule has 0 aliphatic carbocycles. The predicted molar refractivity (Wildman–Crippen MR) is 88.4 cm³/mol. The number of fused-ring (bicyclic) bond motifs is 1. The highest BCUT2D eigenvalue weighted by atomic mass is 16.4. The van der Waals surface area contributed by atoms with Gasteiger partial charge in [0, 0.05) is 18.3 Å². The number of para-hydroxylation sites is 1. The molecule has 0 bridgehead atoms. The summed E-state index contributed by atoms with van der Waals surface area (Å²) in [7, 11) is 0. The number of nitrogens with zero attached hydrogens (tertiary/aromatic N) is 1. The Bertz CT molecular complexity index is 766. The fourth-order valence-corrected chi connectivity index (χ4v) is 2.54. The summed E-state index contributed by atoms with van der Waals surface area (Å²) in [5, 5.41) is 11.5. The molecule has 23 heavy (non-hydrogen) atoms. The third-order valence-corrected chi connectivity index (χ3v) is 3.77. The number of aliphatic carboxylic acids is 1. The van der Waals surface area contributed by atoms with E-state index in [1.165, 1.54) is 0 Å². The number of amides is 1. The van der Waals surface area contributed by atoms with Gasteiger partial charge in [-0.05, 0) is 35.7 Å². The Hall–Kier alpha value is -2.95. The topological polar surface area (TPSA) is 78.8 Å². The van der Waals surface area contributed by atoms with Crippen LogP contribution in [0.3, 0.4) is 0 Å². The van der Waals surface area contributed by atoms with Gasteiger partial charge in [0.15, 0.2) is 0 Å². The van der Waals surface area contributed by atoms with Crippen molar-refractivity contribution >= 4 is 29.5 Å². The summed E-state index contributed by atoms with van der Waals surface area (Å²) in [6, 6.07) is 14.9. The number of aryl methyl sites for hydroxylation is 1. The van der Waals surface area contributed by atoms with Gasteiger partial charge in [-0.3, -0.25) is 14.6 Å². The third-order valence-electron chi connectivity index (χ3n) is 3.77. The largest absolute Gasteiger partial charge is 0.481 e. The molecule has 1 aliphatic rings. The van der Waals surface area contributed by atoms with Gasteiger partial charge in [0.1, 0.15) is 5.92 Å². The van der Waals surface area contributed by atoms with Gasteiger partial charge in [-0.25, -0.2) is 0 Å². The molecule has 5 heteroatoms. The first-order chi connectivity index (χ1) is 11.1. The normalized spacial score (nSPS) is 16.3. The molecule has 116 valence electrons. The molecule has 2 aromatic carbocycles. The third kappa shape index (κ3) is 3.45. The van der Waals surface area contributed by atoms with E-state index in [0.717, 1.165) is 22.5 Å². The van der Waals surface area contributed by atoms with E-state index in [4.69, 9.17) is 5.11 Å². The molecule has 1 aliphatic heterocycles. The zero-order valence-corrected chi connectivity index (χ0v) is 12.4. The Labute approximate surface area is 133 Å². The lowest BCUT2D eigenvalue weighted by Crippen LogP contribution is -2.12. The lowest BCUT2D eigenvalue weighted by Gasteiger charge is -2.02. The van der Waals surface area contributed by atoms with E-state index in [2.05, 4.69) is 10.3 Å². The SMILES string of the molecule is O=C(O)CCc1ccc(N=CC2C(=O)Nc3ccccc32)cc1. The average molecular weight is 308 g/mol. The first-order valence-electron chi connectivity index (χ1n) is 7.38. The number of nitrogens with one attached hydrogen (secondary N) is 1. The van der Waals surface area contributed by atoms with Crippen molar-refractivity contribution in [1.29, 1.82) is 0 Å². The minimum atomic E-state index is -0.807. The van der Waals surface area contributed by atoms with Crippen LogP contribution in [0.15, 0.2) is 53.5 Å². The molecule has 1 unspecified atom stereocenters. The highest BCUT2D eigenvalue weighted by Gasteiger charge is 2.28. The lowest BCUT2D eigenvalue weighted by molar-refractivity contribution is -0.137. The Morgan fingerprint density at radius 2 is 1.91 bits per heavy atom. The second-order valence-electron chi connectivity index (χ2n) is 5.39. The number of aliphatic imine (C=N–C) groups is 1. The van der Waals surface area contributed by atoms with E-state index in [1.807, 2.05) is 48.5 Å². The number of anilines is 1. The minimum Gasteiger partial charge on any atom is -0.481 e. The van der Waals surface area contributed by atoms with Crippen LogP contribution in [0.4, 0.5) is 11.4 Å². The highest BCUT2D eigenvalue weighted by molar-refractivity contribution is 6.12. The van der Waals surface area contributed by atoms with Crippen LogP contribution in [-0.2, 0) is 16.0 Å². The summed E-state index contributed by atoms with van der Waals surface area (Å²) in [6.45, 7) is 0. The van der Waals surface area contributed by atoms with E-state index in [9.17, 15) is 9.59 Å². The first kappa shape index (κ1) is 15.0. The molecule has 0 fully saturated rings. The molecule has 2 aromatic rings. The smallest absolute Gasteiger partial charge is 0.303 e. The van der Waals surface area contributed by atoms with E-state index in [1.54, 1.807) is 6.21 Å². The molecule has 1 atom stereocenters. The zero-order valence-electron chi connectivity index (χ0n) is 12.4. The number of carboxylic acids is 1. The van der Waals surface area contributed by atoms with E-state index in [-0.39, 0.29) is 18.2 Å². The molecule has 0 spiro atoms. The van der Waals surface area contributed by atoms with Crippen LogP contribution < -0.4 is 5.32 Å². The standard InChI is InChI=1S/C18H16N2O3/c21-17(22)10-7-12-5-8-13(9-6-12)19-11-15-14-3-1-2-4-16(14)20-18(15)23/h1-6,8-9,11,15H,7,10H2,(H,20,23)(H,21,22). The highest BCUT2D eigenvalue weighted by Crippen LogP contribution is 2.31. The van der Waals surface area contributed by atoms with Crippen molar-refractivity contribution in [3.8, 4) is 0 Å². The van der Waals surface area contributed by atoms with Crippen LogP contribution in [0.2, 0.25) is 0 Å². The van der Waals surface area contributed by atoms with Crippen LogP contribution >= 0.6 is 0 Å². The van der Waals surface area contributed by atoms with Crippen molar-refractivity contribution in [2.24, 2.45) is 4.99 Å². The van der Waals surface area contributed by atoms with Gasteiger partial charge in [-0.1, -0.05) is 30.3 Å². The summed E-state index contributed by atoms with van der Waals surface area (Å²) < 4.78 is 0. The summed E-state index contributed by atoms with van der Waals surface area (Å²) in [4.78, 5) is 26.9.